The molecule has 0 aliphatic heterocycles. The Bertz CT molecular complexity index is 578. The summed E-state index contributed by atoms with van der Waals surface area (Å²) < 4.78 is 42.0. The normalized spacial score (nSPS) is 13.6. The van der Waals surface area contributed by atoms with Crippen molar-refractivity contribution in [2.75, 3.05) is 19.6 Å². The molecule has 1 aromatic carbocycles. The second-order valence-electron chi connectivity index (χ2n) is 6.47. The summed E-state index contributed by atoms with van der Waals surface area (Å²) in [6, 6.07) is 7.21. The molecule has 0 saturated carbocycles. The molecular weight excluding hydrogens is 359 g/mol. The lowest BCUT2D eigenvalue weighted by atomic mass is 10.1. The van der Waals surface area contributed by atoms with Crippen molar-refractivity contribution >= 4 is 5.96 Å². The van der Waals surface area contributed by atoms with Crippen LogP contribution in [0.5, 0.6) is 5.75 Å². The molecule has 0 aromatic heterocycles. The molecule has 1 atom stereocenters. The van der Waals surface area contributed by atoms with E-state index in [1.54, 1.807) is 12.1 Å². The number of unbranched alkanes of at least 4 members (excludes halogenated alkanes) is 1. The Labute approximate surface area is 159 Å². The average molecular weight is 389 g/mol. The molecule has 0 spiro atoms. The van der Waals surface area contributed by atoms with Gasteiger partial charge in [-0.1, -0.05) is 12.1 Å². The first-order valence-corrected chi connectivity index (χ1v) is 9.25. The monoisotopic (exact) mass is 389 g/mol. The molecule has 1 aromatic rings. The maximum Gasteiger partial charge on any atom is 0.389 e. The fourth-order valence-corrected chi connectivity index (χ4v) is 2.35. The molecule has 0 saturated heterocycles. The van der Waals surface area contributed by atoms with E-state index in [0.29, 0.717) is 36.8 Å². The first-order valence-electron chi connectivity index (χ1n) is 9.25. The fourth-order valence-electron chi connectivity index (χ4n) is 2.35. The van der Waals surface area contributed by atoms with E-state index in [1.807, 2.05) is 32.9 Å². The number of aliphatic hydroxyl groups excluding tert-OH is 1. The Balaban J connectivity index is 2.53. The number of hydrogen-bond acceptors (Lipinski definition) is 3. The van der Waals surface area contributed by atoms with Gasteiger partial charge in [0.05, 0.1) is 18.8 Å². The number of aliphatic hydroxyl groups is 1. The highest BCUT2D eigenvalue weighted by atomic mass is 19.4. The van der Waals surface area contributed by atoms with E-state index >= 15 is 0 Å². The Hall–Kier alpha value is -1.96. The third-order valence-corrected chi connectivity index (χ3v) is 3.56. The summed E-state index contributed by atoms with van der Waals surface area (Å²) in [5.41, 5.74) is 0.693. The standard InChI is InChI=1S/C19H30F3N3O2/c1-4-23-18(24-11-6-5-10-19(20,21)22)25-13-17(26)15-8-7-9-16(12-15)27-14(2)3/h7-9,12,14,17,26H,4-6,10-11,13H2,1-3H3,(H2,23,24,25). The quantitative estimate of drug-likeness (QED) is 0.324. The van der Waals surface area contributed by atoms with Crippen LogP contribution in [0.4, 0.5) is 13.2 Å². The fraction of sp³-hybridized carbons (Fsp3) is 0.632. The summed E-state index contributed by atoms with van der Waals surface area (Å²) in [6.45, 7) is 6.87. The van der Waals surface area contributed by atoms with E-state index in [2.05, 4.69) is 15.6 Å². The zero-order valence-electron chi connectivity index (χ0n) is 16.1. The second-order valence-corrected chi connectivity index (χ2v) is 6.47. The van der Waals surface area contributed by atoms with Gasteiger partial charge in [0.15, 0.2) is 5.96 Å². The van der Waals surface area contributed by atoms with E-state index in [0.717, 1.165) is 0 Å². The lowest BCUT2D eigenvalue weighted by Gasteiger charge is -2.15. The highest BCUT2D eigenvalue weighted by Gasteiger charge is 2.25. The van der Waals surface area contributed by atoms with E-state index in [4.69, 9.17) is 4.74 Å². The zero-order valence-corrected chi connectivity index (χ0v) is 16.1. The Kier molecular flexibility index (Phi) is 9.99. The van der Waals surface area contributed by atoms with Crippen LogP contribution < -0.4 is 15.4 Å². The predicted molar refractivity (Wildman–Crippen MR) is 101 cm³/mol. The van der Waals surface area contributed by atoms with Crippen LogP contribution in [0.25, 0.3) is 0 Å². The van der Waals surface area contributed by atoms with Crippen LogP contribution >= 0.6 is 0 Å². The molecule has 0 fully saturated rings. The third kappa shape index (κ3) is 10.7. The van der Waals surface area contributed by atoms with Crippen LogP contribution in [-0.4, -0.2) is 43.0 Å². The third-order valence-electron chi connectivity index (χ3n) is 3.56. The minimum atomic E-state index is -4.11. The number of alkyl halides is 3. The molecule has 27 heavy (non-hydrogen) atoms. The summed E-state index contributed by atoms with van der Waals surface area (Å²) in [5.74, 6) is 1.15. The molecular formula is C19H30F3N3O2. The van der Waals surface area contributed by atoms with E-state index in [1.165, 1.54) is 0 Å². The van der Waals surface area contributed by atoms with Gasteiger partial charge in [-0.05, 0) is 51.3 Å². The molecule has 0 aliphatic rings. The van der Waals surface area contributed by atoms with E-state index in [-0.39, 0.29) is 19.1 Å². The van der Waals surface area contributed by atoms with Crippen molar-refractivity contribution in [3.63, 3.8) is 0 Å². The molecule has 0 amide bonds. The van der Waals surface area contributed by atoms with Gasteiger partial charge in [-0.3, -0.25) is 4.99 Å². The molecule has 3 N–H and O–H groups in total. The molecule has 0 aliphatic carbocycles. The summed E-state index contributed by atoms with van der Waals surface area (Å²) >= 11 is 0. The van der Waals surface area contributed by atoms with Crippen molar-refractivity contribution in [1.29, 1.82) is 0 Å². The Morgan fingerprint density at radius 1 is 1.22 bits per heavy atom. The van der Waals surface area contributed by atoms with Gasteiger partial charge in [0.2, 0.25) is 0 Å². The molecule has 0 bridgehead atoms. The Morgan fingerprint density at radius 3 is 2.59 bits per heavy atom. The van der Waals surface area contributed by atoms with E-state index < -0.39 is 18.7 Å². The van der Waals surface area contributed by atoms with Crippen LogP contribution in [0.3, 0.4) is 0 Å². The summed E-state index contributed by atoms with van der Waals surface area (Å²) in [7, 11) is 0. The molecule has 1 unspecified atom stereocenters. The van der Waals surface area contributed by atoms with Crippen LogP contribution in [0.2, 0.25) is 0 Å². The van der Waals surface area contributed by atoms with Gasteiger partial charge in [-0.15, -0.1) is 0 Å². The van der Waals surface area contributed by atoms with Gasteiger partial charge >= 0.3 is 6.18 Å². The highest BCUT2D eigenvalue weighted by molar-refractivity contribution is 5.79. The molecule has 0 radical (unpaired) electrons. The van der Waals surface area contributed by atoms with Crippen molar-refractivity contribution < 1.29 is 23.0 Å². The lowest BCUT2D eigenvalue weighted by Crippen LogP contribution is -2.38. The Morgan fingerprint density at radius 2 is 1.96 bits per heavy atom. The maximum absolute atomic E-state index is 12.1. The lowest BCUT2D eigenvalue weighted by molar-refractivity contribution is -0.135. The number of ether oxygens (including phenoxy) is 1. The van der Waals surface area contributed by atoms with Crippen LogP contribution in [0.15, 0.2) is 29.3 Å². The second kappa shape index (κ2) is 11.7. The number of rotatable bonds is 10. The number of hydrogen-bond donors (Lipinski definition) is 3. The van der Waals surface area contributed by atoms with Crippen molar-refractivity contribution in [3.8, 4) is 5.75 Å². The SMILES string of the molecule is CCNC(=NCC(O)c1cccc(OC(C)C)c1)NCCCCC(F)(F)F. The number of nitrogens with one attached hydrogen (secondary N) is 2. The van der Waals surface area contributed by atoms with Gasteiger partial charge < -0.3 is 20.5 Å². The van der Waals surface area contributed by atoms with Crippen LogP contribution in [0.1, 0.15) is 51.7 Å². The van der Waals surface area contributed by atoms with Gasteiger partial charge in [-0.2, -0.15) is 13.2 Å². The van der Waals surface area contributed by atoms with Crippen molar-refractivity contribution in [1.82, 2.24) is 10.6 Å². The van der Waals surface area contributed by atoms with Gasteiger partial charge in [0.1, 0.15) is 5.75 Å². The first kappa shape index (κ1) is 23.1. The maximum atomic E-state index is 12.1. The number of aliphatic imine (C=N–C) groups is 1. The van der Waals surface area contributed by atoms with Gasteiger partial charge in [0.25, 0.3) is 0 Å². The summed E-state index contributed by atoms with van der Waals surface area (Å²) in [5, 5.41) is 16.4. The molecule has 154 valence electrons. The van der Waals surface area contributed by atoms with Gasteiger partial charge in [0, 0.05) is 19.5 Å². The van der Waals surface area contributed by atoms with Crippen LogP contribution in [-0.2, 0) is 0 Å². The van der Waals surface area contributed by atoms with Crippen molar-refractivity contribution in [2.45, 2.75) is 58.4 Å². The number of halogens is 3. The van der Waals surface area contributed by atoms with Gasteiger partial charge in [-0.25, -0.2) is 0 Å². The topological polar surface area (TPSA) is 65.9 Å². The molecule has 0 heterocycles. The summed E-state index contributed by atoms with van der Waals surface area (Å²) in [4.78, 5) is 4.31. The molecule has 1 rings (SSSR count). The average Bonchev–Trinajstić information content (AvgIpc) is 2.57. The predicted octanol–water partition coefficient (Wildman–Crippen LogP) is 3.79. The minimum absolute atomic E-state index is 0.0392. The largest absolute Gasteiger partial charge is 0.491 e. The van der Waals surface area contributed by atoms with Crippen LogP contribution in [0, 0.1) is 0 Å². The summed E-state index contributed by atoms with van der Waals surface area (Å²) in [6.07, 6.45) is -5.20. The zero-order chi connectivity index (χ0) is 20.3. The molecule has 8 heteroatoms. The minimum Gasteiger partial charge on any atom is -0.491 e. The highest BCUT2D eigenvalue weighted by Crippen LogP contribution is 2.22. The van der Waals surface area contributed by atoms with Crippen molar-refractivity contribution in [2.24, 2.45) is 4.99 Å². The van der Waals surface area contributed by atoms with E-state index in [9.17, 15) is 18.3 Å². The number of guanidine groups is 1. The smallest absolute Gasteiger partial charge is 0.389 e. The number of nitrogens with zero attached hydrogens (tertiary/aromatic N) is 1. The first-order chi connectivity index (χ1) is 12.7. The number of benzene rings is 1. The van der Waals surface area contributed by atoms with Crippen molar-refractivity contribution in [3.05, 3.63) is 29.8 Å². The molecule has 5 nitrogen and oxygen atoms in total.